The molecule has 1 aromatic carbocycles. The standard InChI is InChI=1S/C24H30ClN3O2/c1-17(2)14-21(23(29)27-20-10-6-7-11-20)28(16-18-8-4-3-5-9-18)24(30)19-12-13-22(25)26-15-19/h3-5,8-9,12-13,15,17,20-21H,6-7,10-11,14,16H2,1-2H3,(H,27,29)/t21-/m0/s1. The molecule has 3 rings (SSSR count). The lowest BCUT2D eigenvalue weighted by Crippen LogP contribution is -2.51. The van der Waals surface area contributed by atoms with Gasteiger partial charge in [-0.3, -0.25) is 9.59 Å². The summed E-state index contributed by atoms with van der Waals surface area (Å²) in [5.74, 6) is -0.0178. The van der Waals surface area contributed by atoms with Gasteiger partial charge in [-0.1, -0.05) is 68.6 Å². The molecule has 1 aliphatic carbocycles. The number of hydrogen-bond acceptors (Lipinski definition) is 3. The number of amides is 2. The van der Waals surface area contributed by atoms with Crippen molar-refractivity contribution in [3.63, 3.8) is 0 Å². The van der Waals surface area contributed by atoms with Gasteiger partial charge in [-0.05, 0) is 42.9 Å². The Hall–Kier alpha value is -2.40. The third kappa shape index (κ3) is 6.05. The van der Waals surface area contributed by atoms with Crippen molar-refractivity contribution in [2.45, 2.75) is 64.6 Å². The van der Waals surface area contributed by atoms with Gasteiger partial charge in [0.25, 0.3) is 5.91 Å². The van der Waals surface area contributed by atoms with E-state index in [4.69, 9.17) is 11.6 Å². The summed E-state index contributed by atoms with van der Waals surface area (Å²) in [6.45, 7) is 4.51. The maximum Gasteiger partial charge on any atom is 0.256 e. The maximum absolute atomic E-state index is 13.5. The quantitative estimate of drug-likeness (QED) is 0.612. The molecular weight excluding hydrogens is 398 g/mol. The molecule has 30 heavy (non-hydrogen) atoms. The smallest absolute Gasteiger partial charge is 0.256 e. The molecular formula is C24H30ClN3O2. The Balaban J connectivity index is 1.91. The minimum absolute atomic E-state index is 0.0678. The molecule has 0 unspecified atom stereocenters. The van der Waals surface area contributed by atoms with Crippen LogP contribution in [0.25, 0.3) is 0 Å². The predicted molar refractivity (Wildman–Crippen MR) is 119 cm³/mol. The zero-order chi connectivity index (χ0) is 21.5. The Morgan fingerprint density at radius 2 is 1.83 bits per heavy atom. The molecule has 0 bridgehead atoms. The molecule has 2 aromatic rings. The fraction of sp³-hybridized carbons (Fsp3) is 0.458. The average molecular weight is 428 g/mol. The van der Waals surface area contributed by atoms with Gasteiger partial charge in [-0.2, -0.15) is 0 Å². The number of carbonyl (C=O) groups excluding carboxylic acids is 2. The summed E-state index contributed by atoms with van der Waals surface area (Å²) in [6.07, 6.45) is 6.37. The van der Waals surface area contributed by atoms with Gasteiger partial charge in [0.15, 0.2) is 0 Å². The number of carbonyl (C=O) groups is 2. The average Bonchev–Trinajstić information content (AvgIpc) is 3.24. The molecule has 5 nitrogen and oxygen atoms in total. The van der Waals surface area contributed by atoms with Crippen molar-refractivity contribution in [2.75, 3.05) is 0 Å². The molecule has 1 N–H and O–H groups in total. The van der Waals surface area contributed by atoms with Crippen LogP contribution in [0.2, 0.25) is 5.15 Å². The molecule has 160 valence electrons. The molecule has 0 saturated heterocycles. The predicted octanol–water partition coefficient (Wildman–Crippen LogP) is 4.85. The SMILES string of the molecule is CC(C)C[C@@H](C(=O)NC1CCCC1)N(Cc1ccccc1)C(=O)c1ccc(Cl)nc1. The van der Waals surface area contributed by atoms with E-state index < -0.39 is 6.04 Å². The molecule has 0 aliphatic heterocycles. The molecule has 1 aromatic heterocycles. The lowest BCUT2D eigenvalue weighted by Gasteiger charge is -2.33. The Kier molecular flexibility index (Phi) is 7.86. The molecule has 0 radical (unpaired) electrons. The minimum atomic E-state index is -0.547. The van der Waals surface area contributed by atoms with E-state index in [2.05, 4.69) is 24.1 Å². The molecule has 1 saturated carbocycles. The Labute approximate surface area is 183 Å². The van der Waals surface area contributed by atoms with Gasteiger partial charge in [0.1, 0.15) is 11.2 Å². The van der Waals surface area contributed by atoms with E-state index in [0.29, 0.717) is 23.7 Å². The molecule has 1 atom stereocenters. The van der Waals surface area contributed by atoms with Gasteiger partial charge in [0, 0.05) is 18.8 Å². The van der Waals surface area contributed by atoms with Crippen molar-refractivity contribution < 1.29 is 9.59 Å². The van der Waals surface area contributed by atoms with Crippen molar-refractivity contribution in [3.05, 3.63) is 64.9 Å². The van der Waals surface area contributed by atoms with Crippen LogP contribution in [0.1, 0.15) is 61.9 Å². The van der Waals surface area contributed by atoms with Crippen molar-refractivity contribution >= 4 is 23.4 Å². The van der Waals surface area contributed by atoms with E-state index in [-0.39, 0.29) is 23.8 Å². The highest BCUT2D eigenvalue weighted by Gasteiger charge is 2.33. The molecule has 1 aliphatic rings. The lowest BCUT2D eigenvalue weighted by molar-refractivity contribution is -0.127. The summed E-state index contributed by atoms with van der Waals surface area (Å²) in [5.41, 5.74) is 1.41. The Morgan fingerprint density at radius 1 is 1.13 bits per heavy atom. The third-order valence-electron chi connectivity index (χ3n) is 5.51. The van der Waals surface area contributed by atoms with E-state index in [1.165, 1.54) is 6.20 Å². The first kappa shape index (κ1) is 22.3. The van der Waals surface area contributed by atoms with E-state index in [9.17, 15) is 9.59 Å². The lowest BCUT2D eigenvalue weighted by atomic mass is 9.99. The van der Waals surface area contributed by atoms with E-state index in [1.54, 1.807) is 17.0 Å². The van der Waals surface area contributed by atoms with Gasteiger partial charge in [-0.15, -0.1) is 0 Å². The summed E-state index contributed by atoms with van der Waals surface area (Å²) in [5, 5.41) is 3.53. The van der Waals surface area contributed by atoms with Crippen LogP contribution in [0.3, 0.4) is 0 Å². The molecule has 2 amide bonds. The van der Waals surface area contributed by atoms with E-state index in [0.717, 1.165) is 31.2 Å². The number of nitrogens with one attached hydrogen (secondary N) is 1. The number of benzene rings is 1. The van der Waals surface area contributed by atoms with Crippen molar-refractivity contribution in [2.24, 2.45) is 5.92 Å². The van der Waals surface area contributed by atoms with Crippen molar-refractivity contribution in [1.29, 1.82) is 0 Å². The van der Waals surface area contributed by atoms with Gasteiger partial charge in [0.2, 0.25) is 5.91 Å². The van der Waals surface area contributed by atoms with E-state index in [1.807, 2.05) is 30.3 Å². The van der Waals surface area contributed by atoms with E-state index >= 15 is 0 Å². The number of rotatable bonds is 8. The zero-order valence-corrected chi connectivity index (χ0v) is 18.4. The van der Waals surface area contributed by atoms with Crippen LogP contribution in [-0.4, -0.2) is 33.8 Å². The van der Waals surface area contributed by atoms with Crippen LogP contribution in [0, 0.1) is 5.92 Å². The molecule has 0 spiro atoms. The van der Waals surface area contributed by atoms with Crippen LogP contribution in [-0.2, 0) is 11.3 Å². The first-order chi connectivity index (χ1) is 14.4. The van der Waals surface area contributed by atoms with Gasteiger partial charge in [-0.25, -0.2) is 4.98 Å². The number of hydrogen-bond donors (Lipinski definition) is 1. The monoisotopic (exact) mass is 427 g/mol. The highest BCUT2D eigenvalue weighted by Crippen LogP contribution is 2.22. The molecule has 6 heteroatoms. The Morgan fingerprint density at radius 3 is 2.43 bits per heavy atom. The maximum atomic E-state index is 13.5. The highest BCUT2D eigenvalue weighted by atomic mass is 35.5. The second kappa shape index (κ2) is 10.6. The van der Waals surface area contributed by atoms with Gasteiger partial charge >= 0.3 is 0 Å². The molecule has 1 heterocycles. The van der Waals surface area contributed by atoms with Crippen LogP contribution < -0.4 is 5.32 Å². The summed E-state index contributed by atoms with van der Waals surface area (Å²) in [6, 6.07) is 12.7. The summed E-state index contributed by atoms with van der Waals surface area (Å²) < 4.78 is 0. The summed E-state index contributed by atoms with van der Waals surface area (Å²) >= 11 is 5.90. The van der Waals surface area contributed by atoms with Crippen LogP contribution >= 0.6 is 11.6 Å². The Bertz CT molecular complexity index is 833. The fourth-order valence-electron chi connectivity index (χ4n) is 3.96. The second-order valence-corrected chi connectivity index (χ2v) is 8.81. The number of aromatic nitrogens is 1. The highest BCUT2D eigenvalue weighted by molar-refractivity contribution is 6.29. The van der Waals surface area contributed by atoms with Gasteiger partial charge < -0.3 is 10.2 Å². The summed E-state index contributed by atoms with van der Waals surface area (Å²) in [7, 11) is 0. The second-order valence-electron chi connectivity index (χ2n) is 8.42. The van der Waals surface area contributed by atoms with Crippen molar-refractivity contribution in [3.8, 4) is 0 Å². The third-order valence-corrected chi connectivity index (χ3v) is 5.73. The topological polar surface area (TPSA) is 62.3 Å². The minimum Gasteiger partial charge on any atom is -0.352 e. The fourth-order valence-corrected chi connectivity index (χ4v) is 4.07. The van der Waals surface area contributed by atoms with Crippen LogP contribution in [0.15, 0.2) is 48.7 Å². The largest absolute Gasteiger partial charge is 0.352 e. The first-order valence-electron chi connectivity index (χ1n) is 10.7. The number of halogens is 1. The normalized spacial score (nSPS) is 15.2. The summed E-state index contributed by atoms with van der Waals surface area (Å²) in [4.78, 5) is 32.5. The van der Waals surface area contributed by atoms with Crippen molar-refractivity contribution in [1.82, 2.24) is 15.2 Å². The van der Waals surface area contributed by atoms with Gasteiger partial charge in [0.05, 0.1) is 5.56 Å². The van der Waals surface area contributed by atoms with Crippen LogP contribution in [0.4, 0.5) is 0 Å². The number of pyridine rings is 1. The number of nitrogens with zero attached hydrogens (tertiary/aromatic N) is 2. The van der Waals surface area contributed by atoms with Crippen LogP contribution in [0.5, 0.6) is 0 Å². The zero-order valence-electron chi connectivity index (χ0n) is 17.7. The molecule has 1 fully saturated rings. The first-order valence-corrected chi connectivity index (χ1v) is 11.1.